The molecule has 2 N–H and O–H groups in total. The van der Waals surface area contributed by atoms with Gasteiger partial charge in [-0.25, -0.2) is 0 Å². The summed E-state index contributed by atoms with van der Waals surface area (Å²) in [6, 6.07) is 54.8. The Balaban J connectivity index is 1.14. The van der Waals surface area contributed by atoms with Gasteiger partial charge in [-0.3, -0.25) is 10.9 Å². The monoisotopic (exact) mass is 598 g/mol. The first-order valence-electron chi connectivity index (χ1n) is 14.7. The highest BCUT2D eigenvalue weighted by atomic mass is 15.3. The number of nitrogens with zero attached hydrogens (tertiary/aromatic N) is 6. The highest BCUT2D eigenvalue weighted by molar-refractivity contribution is 6.00. The third-order valence-electron chi connectivity index (χ3n) is 6.78. The second-order valence-electron chi connectivity index (χ2n) is 10.1. The maximum Gasteiger partial charge on any atom is 0.201 e. The maximum atomic E-state index is 4.50. The molecule has 46 heavy (non-hydrogen) atoms. The number of hydrogen-bond donors (Lipinski definition) is 2. The molecule has 6 rings (SSSR count). The van der Waals surface area contributed by atoms with E-state index in [1.165, 1.54) is 0 Å². The van der Waals surface area contributed by atoms with Gasteiger partial charge in [0.1, 0.15) is 0 Å². The maximum absolute atomic E-state index is 4.50. The molecule has 6 aromatic carbocycles. The Morgan fingerprint density at radius 1 is 0.348 bits per heavy atom. The molecular weight excluding hydrogens is 568 g/mol. The Morgan fingerprint density at radius 3 is 1.02 bits per heavy atom. The minimum Gasteiger partial charge on any atom is -0.276 e. The number of rotatable bonds is 9. The van der Waals surface area contributed by atoms with Gasteiger partial charge >= 0.3 is 0 Å². The molecule has 0 heterocycles. The van der Waals surface area contributed by atoms with E-state index >= 15 is 0 Å². The van der Waals surface area contributed by atoms with Gasteiger partial charge in [0.05, 0.1) is 22.7 Å². The van der Waals surface area contributed by atoms with E-state index in [2.05, 4.69) is 41.5 Å². The highest BCUT2D eigenvalue weighted by Crippen LogP contribution is 2.26. The molecular formula is C38H30N8. The van der Waals surface area contributed by atoms with Crippen LogP contribution in [0.15, 0.2) is 201 Å². The fraction of sp³-hybridized carbons (Fsp3) is 0. The summed E-state index contributed by atoms with van der Waals surface area (Å²) in [4.78, 5) is 0. The van der Waals surface area contributed by atoms with Gasteiger partial charge in [0, 0.05) is 11.1 Å². The van der Waals surface area contributed by atoms with Gasteiger partial charge in [0.15, 0.2) is 0 Å². The third kappa shape index (κ3) is 8.30. The summed E-state index contributed by atoms with van der Waals surface area (Å²) >= 11 is 0. The minimum atomic E-state index is 0.481. The van der Waals surface area contributed by atoms with Crippen LogP contribution in [-0.2, 0) is 0 Å². The van der Waals surface area contributed by atoms with Gasteiger partial charge in [-0.15, -0.1) is 20.5 Å². The second kappa shape index (κ2) is 15.3. The molecule has 8 nitrogen and oxygen atoms in total. The smallest absolute Gasteiger partial charge is 0.201 e. The van der Waals surface area contributed by atoms with Crippen LogP contribution in [0.2, 0.25) is 0 Å². The lowest BCUT2D eigenvalue weighted by Gasteiger charge is -2.05. The van der Waals surface area contributed by atoms with Crippen molar-refractivity contribution in [1.82, 2.24) is 0 Å². The predicted octanol–water partition coefficient (Wildman–Crippen LogP) is 10.5. The Kier molecular flexibility index (Phi) is 9.80. The topological polar surface area (TPSA) is 98.2 Å². The zero-order valence-corrected chi connectivity index (χ0v) is 24.8. The van der Waals surface area contributed by atoms with Crippen molar-refractivity contribution in [3.8, 4) is 11.1 Å². The van der Waals surface area contributed by atoms with Crippen molar-refractivity contribution in [2.24, 2.45) is 30.7 Å². The predicted molar refractivity (Wildman–Crippen MR) is 187 cm³/mol. The summed E-state index contributed by atoms with van der Waals surface area (Å²) in [7, 11) is 0. The van der Waals surface area contributed by atoms with Crippen LogP contribution in [0.5, 0.6) is 0 Å². The molecule has 0 aliphatic carbocycles. The lowest BCUT2D eigenvalue weighted by molar-refractivity contribution is 1.22. The van der Waals surface area contributed by atoms with Crippen molar-refractivity contribution in [2.75, 3.05) is 10.9 Å². The molecule has 0 radical (unpaired) electrons. The van der Waals surface area contributed by atoms with Crippen molar-refractivity contribution < 1.29 is 0 Å². The van der Waals surface area contributed by atoms with Gasteiger partial charge in [-0.1, -0.05) is 121 Å². The molecule has 0 saturated carbocycles. The Bertz CT molecular complexity index is 1790. The molecule has 0 amide bonds. The van der Waals surface area contributed by atoms with E-state index in [1.807, 2.05) is 170 Å². The molecule has 0 aliphatic heterocycles. The largest absolute Gasteiger partial charge is 0.276 e. The summed E-state index contributed by atoms with van der Waals surface area (Å²) in [5.74, 6) is 0.962. The first-order chi connectivity index (χ1) is 22.8. The van der Waals surface area contributed by atoms with Gasteiger partial charge in [0.25, 0.3) is 0 Å². The lowest BCUT2D eigenvalue weighted by atomic mass is 10.1. The quantitative estimate of drug-likeness (QED) is 0.0749. The second-order valence-corrected chi connectivity index (χ2v) is 10.1. The van der Waals surface area contributed by atoms with Crippen LogP contribution < -0.4 is 10.9 Å². The third-order valence-corrected chi connectivity index (χ3v) is 6.78. The van der Waals surface area contributed by atoms with Gasteiger partial charge in [0.2, 0.25) is 11.7 Å². The SMILES string of the molecule is c1ccc(NN=C(N=Nc2ccc(-c3ccc(N=NC(=NNc4ccccc4)c4ccccc4)cc3)cc2)c2ccccc2)cc1. The summed E-state index contributed by atoms with van der Waals surface area (Å²) in [6.07, 6.45) is 0. The average Bonchev–Trinajstić information content (AvgIpc) is 3.14. The van der Waals surface area contributed by atoms with Crippen molar-refractivity contribution in [1.29, 1.82) is 0 Å². The van der Waals surface area contributed by atoms with Crippen LogP contribution in [0.25, 0.3) is 11.1 Å². The number of amidine groups is 2. The first kappa shape index (κ1) is 29.5. The lowest BCUT2D eigenvalue weighted by Crippen LogP contribution is -2.00. The number of benzene rings is 6. The molecule has 0 bridgehead atoms. The van der Waals surface area contributed by atoms with Crippen molar-refractivity contribution in [3.63, 3.8) is 0 Å². The molecule has 0 unspecified atom stereocenters. The standard InChI is InChI=1S/C38H30N8/c1-5-13-31(14-6-1)37(43-39-33-17-9-3-10-18-33)45-41-35-25-21-29(22-26-35)30-23-27-36(28-24-30)42-46-38(32-15-7-2-8-16-32)44-40-34-19-11-4-12-20-34/h1-28,39-40H. The molecule has 0 saturated heterocycles. The van der Waals surface area contributed by atoms with Crippen LogP contribution in [0.3, 0.4) is 0 Å². The molecule has 8 heteroatoms. The molecule has 0 fully saturated rings. The van der Waals surface area contributed by atoms with E-state index in [4.69, 9.17) is 0 Å². The van der Waals surface area contributed by atoms with Crippen LogP contribution in [0.1, 0.15) is 11.1 Å². The van der Waals surface area contributed by atoms with Gasteiger partial charge < -0.3 is 0 Å². The Labute approximate surface area is 267 Å². The number of nitrogens with one attached hydrogen (secondary N) is 2. The minimum absolute atomic E-state index is 0.481. The summed E-state index contributed by atoms with van der Waals surface area (Å²) in [5.41, 5.74) is 13.1. The van der Waals surface area contributed by atoms with E-state index in [9.17, 15) is 0 Å². The molecule has 6 aromatic rings. The number of hydrazone groups is 2. The van der Waals surface area contributed by atoms with E-state index in [-0.39, 0.29) is 0 Å². The fourth-order valence-corrected chi connectivity index (χ4v) is 4.38. The average molecular weight is 599 g/mol. The van der Waals surface area contributed by atoms with Gasteiger partial charge in [-0.05, 0) is 59.7 Å². The Morgan fingerprint density at radius 2 is 0.674 bits per heavy atom. The summed E-state index contributed by atoms with van der Waals surface area (Å²) < 4.78 is 0. The van der Waals surface area contributed by atoms with Crippen molar-refractivity contribution in [3.05, 3.63) is 181 Å². The summed E-state index contributed by atoms with van der Waals surface area (Å²) in [6.45, 7) is 0. The first-order valence-corrected chi connectivity index (χ1v) is 14.7. The zero-order valence-electron chi connectivity index (χ0n) is 24.8. The number of anilines is 2. The van der Waals surface area contributed by atoms with E-state index in [1.54, 1.807) is 0 Å². The normalized spacial score (nSPS) is 12.0. The molecule has 0 aliphatic rings. The van der Waals surface area contributed by atoms with Crippen LogP contribution in [-0.4, -0.2) is 11.7 Å². The van der Waals surface area contributed by atoms with Crippen LogP contribution >= 0.6 is 0 Å². The number of azo groups is 2. The summed E-state index contributed by atoms with van der Waals surface area (Å²) in [5, 5.41) is 26.8. The zero-order chi connectivity index (χ0) is 31.2. The number of hydrogen-bond acceptors (Lipinski definition) is 6. The van der Waals surface area contributed by atoms with Crippen LogP contribution in [0.4, 0.5) is 22.7 Å². The van der Waals surface area contributed by atoms with E-state index in [0.29, 0.717) is 23.0 Å². The fourth-order valence-electron chi connectivity index (χ4n) is 4.38. The Hall–Kier alpha value is -6.54. The van der Waals surface area contributed by atoms with E-state index < -0.39 is 0 Å². The molecule has 0 aromatic heterocycles. The van der Waals surface area contributed by atoms with E-state index in [0.717, 1.165) is 33.6 Å². The van der Waals surface area contributed by atoms with Gasteiger partial charge in [-0.2, -0.15) is 10.2 Å². The van der Waals surface area contributed by atoms with Crippen molar-refractivity contribution >= 4 is 34.4 Å². The molecule has 222 valence electrons. The van der Waals surface area contributed by atoms with Crippen molar-refractivity contribution in [2.45, 2.75) is 0 Å². The molecule has 0 spiro atoms. The highest BCUT2D eigenvalue weighted by Gasteiger charge is 2.05. The number of para-hydroxylation sites is 2. The van der Waals surface area contributed by atoms with Crippen LogP contribution in [0, 0.1) is 0 Å². The molecule has 0 atom stereocenters.